The van der Waals surface area contributed by atoms with E-state index in [1.807, 2.05) is 11.8 Å². The summed E-state index contributed by atoms with van der Waals surface area (Å²) in [5.74, 6) is 0.472. The summed E-state index contributed by atoms with van der Waals surface area (Å²) >= 11 is 0. The zero-order valence-electron chi connectivity index (χ0n) is 17.6. The van der Waals surface area contributed by atoms with Crippen molar-refractivity contribution in [3.05, 3.63) is 25.6 Å². The van der Waals surface area contributed by atoms with Crippen molar-refractivity contribution in [2.24, 2.45) is 0 Å². The molecule has 2 unspecified atom stereocenters. The van der Waals surface area contributed by atoms with E-state index in [-0.39, 0.29) is 71.5 Å². The second kappa shape index (κ2) is 23.1. The van der Waals surface area contributed by atoms with Crippen molar-refractivity contribution in [1.29, 1.82) is 0 Å². The van der Waals surface area contributed by atoms with Crippen LogP contribution in [0.25, 0.3) is 0 Å². The molecule has 0 aliphatic carbocycles. The van der Waals surface area contributed by atoms with Crippen LogP contribution in [0.4, 0.5) is 0 Å². The van der Waals surface area contributed by atoms with E-state index < -0.39 is 0 Å². The first-order valence-electron chi connectivity index (χ1n) is 9.66. The molecule has 2 heterocycles. The van der Waals surface area contributed by atoms with E-state index >= 15 is 0 Å². The minimum Gasteiger partial charge on any atom is -0.356 e. The molecule has 1 radical (unpaired) electrons. The molecule has 2 rings (SSSR count). The molecule has 2 saturated heterocycles. The van der Waals surface area contributed by atoms with E-state index in [0.717, 1.165) is 45.2 Å². The SMILES string of the molecule is C.C.C=CN1CCCC1=O.C=CNC=O.CCC(CC(C)NC=O)N1CCCC1=O.[Y]. The molecule has 0 bridgehead atoms. The van der Waals surface area contributed by atoms with E-state index in [9.17, 15) is 19.2 Å². The Morgan fingerprint density at radius 1 is 1.03 bits per heavy atom. The van der Waals surface area contributed by atoms with Gasteiger partial charge in [-0.05, 0) is 45.0 Å². The van der Waals surface area contributed by atoms with Crippen molar-refractivity contribution < 1.29 is 51.9 Å². The maximum absolute atomic E-state index is 11.5. The van der Waals surface area contributed by atoms with E-state index in [1.165, 1.54) is 6.20 Å². The average Bonchev–Trinajstić information content (AvgIpc) is 3.29. The molecule has 177 valence electrons. The Labute approximate surface area is 214 Å². The quantitative estimate of drug-likeness (QED) is 0.462. The van der Waals surface area contributed by atoms with Crippen LogP contribution in [0, 0.1) is 0 Å². The average molecular weight is 516 g/mol. The van der Waals surface area contributed by atoms with Crippen molar-refractivity contribution in [2.45, 2.75) is 79.3 Å². The number of nitrogens with zero attached hydrogens (tertiary/aromatic N) is 2. The topological polar surface area (TPSA) is 98.8 Å². The molecule has 0 saturated carbocycles. The smallest absolute Gasteiger partial charge is 0.226 e. The van der Waals surface area contributed by atoms with Crippen LogP contribution >= 0.6 is 0 Å². The zero-order chi connectivity index (χ0) is 21.4. The predicted octanol–water partition coefficient (Wildman–Crippen LogP) is 2.81. The Morgan fingerprint density at radius 3 is 1.90 bits per heavy atom. The normalized spacial score (nSPS) is 15.7. The van der Waals surface area contributed by atoms with Crippen molar-refractivity contribution in [3.63, 3.8) is 0 Å². The van der Waals surface area contributed by atoms with Crippen LogP contribution < -0.4 is 10.6 Å². The zero-order valence-corrected chi connectivity index (χ0v) is 20.5. The number of carbonyl (C=O) groups is 4. The Hall–Kier alpha value is -1.54. The van der Waals surface area contributed by atoms with Gasteiger partial charge in [0.15, 0.2) is 0 Å². The Kier molecular flexibility index (Phi) is 27.5. The summed E-state index contributed by atoms with van der Waals surface area (Å²) < 4.78 is 0. The van der Waals surface area contributed by atoms with Crippen LogP contribution in [0.2, 0.25) is 0 Å². The summed E-state index contributed by atoms with van der Waals surface area (Å²) in [6.07, 6.45) is 9.35. The van der Waals surface area contributed by atoms with Gasteiger partial charge >= 0.3 is 0 Å². The molecule has 2 atom stereocenters. The second-order valence-electron chi connectivity index (χ2n) is 6.54. The Morgan fingerprint density at radius 2 is 1.61 bits per heavy atom. The van der Waals surface area contributed by atoms with Crippen LogP contribution in [-0.4, -0.2) is 59.6 Å². The van der Waals surface area contributed by atoms with Gasteiger partial charge in [0, 0.05) is 70.7 Å². The molecule has 0 aromatic heterocycles. The minimum atomic E-state index is 0. The first-order chi connectivity index (χ1) is 13.4. The molecule has 0 aromatic rings. The Bertz CT molecular complexity index is 526. The van der Waals surface area contributed by atoms with Gasteiger partial charge in [-0.25, -0.2) is 0 Å². The molecule has 4 amide bonds. The molecule has 2 N–H and O–H groups in total. The number of rotatable bonds is 9. The van der Waals surface area contributed by atoms with Gasteiger partial charge in [0.2, 0.25) is 24.6 Å². The van der Waals surface area contributed by atoms with Gasteiger partial charge in [0.1, 0.15) is 0 Å². The van der Waals surface area contributed by atoms with Crippen LogP contribution in [0.1, 0.15) is 67.2 Å². The van der Waals surface area contributed by atoms with Gasteiger partial charge in [-0.3, -0.25) is 19.2 Å². The minimum absolute atomic E-state index is 0. The summed E-state index contributed by atoms with van der Waals surface area (Å²) in [6.45, 7) is 12.5. The molecule has 2 fully saturated rings. The predicted molar refractivity (Wildman–Crippen MR) is 122 cm³/mol. The van der Waals surface area contributed by atoms with Crippen molar-refractivity contribution in [2.75, 3.05) is 13.1 Å². The first kappa shape index (κ1) is 36.8. The fraction of sp³-hybridized carbons (Fsp3) is 0.636. The van der Waals surface area contributed by atoms with Crippen molar-refractivity contribution in [1.82, 2.24) is 20.4 Å². The summed E-state index contributed by atoms with van der Waals surface area (Å²) in [5.41, 5.74) is 0. The molecule has 2 aliphatic heterocycles. The van der Waals surface area contributed by atoms with E-state index in [0.29, 0.717) is 19.3 Å². The maximum Gasteiger partial charge on any atom is 0.226 e. The molecule has 9 heteroatoms. The second-order valence-corrected chi connectivity index (χ2v) is 6.54. The summed E-state index contributed by atoms with van der Waals surface area (Å²) in [7, 11) is 0. The first-order valence-corrected chi connectivity index (χ1v) is 9.66. The van der Waals surface area contributed by atoms with Gasteiger partial charge in [0.05, 0.1) is 0 Å². The molecular weight excluding hydrogens is 473 g/mol. The van der Waals surface area contributed by atoms with Gasteiger partial charge in [0.25, 0.3) is 0 Å². The molecule has 0 aromatic carbocycles. The standard InChI is InChI=1S/C11H20N2O2.C6H9NO.C3H5NO.2CH4.Y/c1-3-10(7-9(2)12-8-14)13-6-4-5-11(13)15;1-2-7-5-3-4-6(7)8;1-2-4-3-5;;;/h8-10H,3-7H2,1-2H3,(H,12,14);2H,1,3-5H2;2-3H,1H2,(H,4,5);2*1H4;. The van der Waals surface area contributed by atoms with Crippen LogP contribution in [0.15, 0.2) is 25.6 Å². The van der Waals surface area contributed by atoms with Crippen LogP contribution in [-0.2, 0) is 51.9 Å². The fourth-order valence-electron chi connectivity index (χ4n) is 3.07. The third kappa shape index (κ3) is 15.8. The van der Waals surface area contributed by atoms with Gasteiger partial charge in [-0.1, -0.05) is 34.9 Å². The monoisotopic (exact) mass is 515 g/mol. The van der Waals surface area contributed by atoms with E-state index in [1.54, 1.807) is 11.1 Å². The number of hydrogen-bond donors (Lipinski definition) is 2. The Balaban J connectivity index is -0.000000194. The largest absolute Gasteiger partial charge is 0.356 e. The van der Waals surface area contributed by atoms with E-state index in [4.69, 9.17) is 0 Å². The maximum atomic E-state index is 11.5. The van der Waals surface area contributed by atoms with Gasteiger partial charge in [-0.15, -0.1) is 0 Å². The fourth-order valence-corrected chi connectivity index (χ4v) is 3.07. The van der Waals surface area contributed by atoms with Crippen molar-refractivity contribution >= 4 is 24.6 Å². The third-order valence-electron chi connectivity index (χ3n) is 4.52. The van der Waals surface area contributed by atoms with Gasteiger partial charge in [-0.2, -0.15) is 0 Å². The van der Waals surface area contributed by atoms with Crippen LogP contribution in [0.5, 0.6) is 0 Å². The van der Waals surface area contributed by atoms with Gasteiger partial charge < -0.3 is 20.4 Å². The molecule has 8 nitrogen and oxygen atoms in total. The summed E-state index contributed by atoms with van der Waals surface area (Å²) in [4.78, 5) is 45.3. The number of nitrogens with one attached hydrogen (secondary N) is 2. The third-order valence-corrected chi connectivity index (χ3v) is 4.52. The summed E-state index contributed by atoms with van der Waals surface area (Å²) in [6, 6.07) is 0.420. The number of likely N-dealkylation sites (tertiary alicyclic amines) is 2. The number of hydrogen-bond acceptors (Lipinski definition) is 4. The van der Waals surface area contributed by atoms with Crippen molar-refractivity contribution in [3.8, 4) is 0 Å². The van der Waals surface area contributed by atoms with E-state index in [2.05, 4.69) is 30.7 Å². The molecule has 2 aliphatic rings. The molecule has 0 spiro atoms. The van der Waals surface area contributed by atoms with Crippen LogP contribution in [0.3, 0.4) is 0 Å². The molecular formula is C22H42N4O4Y. The number of amides is 4. The summed E-state index contributed by atoms with van der Waals surface area (Å²) in [5, 5.41) is 4.92. The number of carbonyl (C=O) groups excluding carboxylic acids is 4. The molecule has 31 heavy (non-hydrogen) atoms.